The van der Waals surface area contributed by atoms with Crippen LogP contribution in [0.15, 0.2) is 34.3 Å². The van der Waals surface area contributed by atoms with Gasteiger partial charge in [0.05, 0.1) is 4.90 Å². The van der Waals surface area contributed by atoms with Crippen LogP contribution < -0.4 is 0 Å². The Morgan fingerprint density at radius 3 is 2.61 bits per heavy atom. The summed E-state index contributed by atoms with van der Waals surface area (Å²) >= 11 is 0. The molecule has 1 saturated heterocycles. The van der Waals surface area contributed by atoms with Gasteiger partial charge in [0.1, 0.15) is 0 Å². The van der Waals surface area contributed by atoms with Gasteiger partial charge in [-0.3, -0.25) is 0 Å². The van der Waals surface area contributed by atoms with Crippen molar-refractivity contribution in [3.63, 3.8) is 0 Å². The lowest BCUT2D eigenvalue weighted by Crippen LogP contribution is -2.35. The van der Waals surface area contributed by atoms with E-state index < -0.39 is 10.0 Å². The molecule has 1 aliphatic rings. The van der Waals surface area contributed by atoms with Gasteiger partial charge >= 0.3 is 0 Å². The van der Waals surface area contributed by atoms with E-state index in [1.54, 1.807) is 12.1 Å². The van der Waals surface area contributed by atoms with Crippen LogP contribution in [-0.4, -0.2) is 25.8 Å². The number of benzene rings is 1. The Morgan fingerprint density at radius 2 is 1.94 bits per heavy atom. The maximum Gasteiger partial charge on any atom is 0.243 e. The molecule has 6 nitrogen and oxygen atoms in total. The zero-order chi connectivity index (χ0) is 13.0. The topological polar surface area (TPSA) is 86.1 Å². The van der Waals surface area contributed by atoms with Crippen LogP contribution in [0.4, 0.5) is 5.69 Å². The second-order valence-corrected chi connectivity index (χ2v) is 6.09. The third kappa shape index (κ3) is 2.64. The maximum absolute atomic E-state index is 12.3. The first-order chi connectivity index (χ1) is 8.64. The standard InChI is InChI=1S/C11H14N4O2S/c12-14-13-10-5-4-6-11(9-10)18(16,17)15-7-2-1-3-8-15/h4-6,9H,1-3,7-8H2. The zero-order valence-electron chi connectivity index (χ0n) is 9.86. The van der Waals surface area contributed by atoms with Crippen molar-refractivity contribution in [2.24, 2.45) is 5.11 Å². The molecule has 1 aromatic rings. The van der Waals surface area contributed by atoms with E-state index in [4.69, 9.17) is 5.53 Å². The molecule has 1 fully saturated rings. The van der Waals surface area contributed by atoms with Gasteiger partial charge in [-0.25, -0.2) is 8.42 Å². The van der Waals surface area contributed by atoms with Gasteiger partial charge in [0.15, 0.2) is 0 Å². The van der Waals surface area contributed by atoms with Crippen molar-refractivity contribution in [1.29, 1.82) is 0 Å². The molecule has 1 heterocycles. The second-order valence-electron chi connectivity index (χ2n) is 4.15. The lowest BCUT2D eigenvalue weighted by Gasteiger charge is -2.25. The van der Waals surface area contributed by atoms with E-state index in [-0.39, 0.29) is 4.90 Å². The largest absolute Gasteiger partial charge is 0.243 e. The van der Waals surface area contributed by atoms with Crippen molar-refractivity contribution >= 4 is 15.7 Å². The number of hydrogen-bond donors (Lipinski definition) is 0. The minimum Gasteiger partial charge on any atom is -0.207 e. The first kappa shape index (κ1) is 12.9. The second kappa shape index (κ2) is 5.39. The van der Waals surface area contributed by atoms with Gasteiger partial charge in [-0.2, -0.15) is 4.31 Å². The minimum atomic E-state index is -3.45. The van der Waals surface area contributed by atoms with Crippen LogP contribution in [0.25, 0.3) is 10.4 Å². The average Bonchev–Trinajstić information content (AvgIpc) is 2.40. The van der Waals surface area contributed by atoms with Crippen molar-refractivity contribution < 1.29 is 8.42 Å². The van der Waals surface area contributed by atoms with Gasteiger partial charge in [-0.05, 0) is 30.5 Å². The van der Waals surface area contributed by atoms with Crippen molar-refractivity contribution in [3.05, 3.63) is 34.7 Å². The summed E-state index contributed by atoms with van der Waals surface area (Å²) in [5.74, 6) is 0. The van der Waals surface area contributed by atoms with Gasteiger partial charge < -0.3 is 0 Å². The van der Waals surface area contributed by atoms with Gasteiger partial charge in [0.2, 0.25) is 10.0 Å². The molecule has 0 N–H and O–H groups in total. The lowest BCUT2D eigenvalue weighted by molar-refractivity contribution is 0.346. The number of azide groups is 1. The summed E-state index contributed by atoms with van der Waals surface area (Å²) in [5.41, 5.74) is 8.68. The highest BCUT2D eigenvalue weighted by atomic mass is 32.2. The van der Waals surface area contributed by atoms with Crippen molar-refractivity contribution in [1.82, 2.24) is 4.31 Å². The minimum absolute atomic E-state index is 0.189. The quantitative estimate of drug-likeness (QED) is 0.478. The Hall–Kier alpha value is -1.56. The summed E-state index contributed by atoms with van der Waals surface area (Å²) in [5, 5.41) is 3.42. The Bertz CT molecular complexity index is 572. The fraction of sp³-hybridized carbons (Fsp3) is 0.455. The predicted octanol–water partition coefficient (Wildman–Crippen LogP) is 2.80. The summed E-state index contributed by atoms with van der Waals surface area (Å²) in [6, 6.07) is 6.10. The van der Waals surface area contributed by atoms with Crippen molar-refractivity contribution in [2.45, 2.75) is 24.2 Å². The normalized spacial score (nSPS) is 17.1. The van der Waals surface area contributed by atoms with Gasteiger partial charge in [-0.15, -0.1) is 0 Å². The first-order valence-corrected chi connectivity index (χ1v) is 7.24. The molecule has 0 bridgehead atoms. The Balaban J connectivity index is 2.34. The molecular formula is C11H14N4O2S. The van der Waals surface area contributed by atoms with Crippen LogP contribution in [0, 0.1) is 0 Å². The van der Waals surface area contributed by atoms with E-state index in [9.17, 15) is 8.42 Å². The molecule has 0 aliphatic carbocycles. The molecule has 1 aromatic carbocycles. The summed E-state index contributed by atoms with van der Waals surface area (Å²) < 4.78 is 26.2. The molecule has 2 rings (SSSR count). The van der Waals surface area contributed by atoms with Crippen molar-refractivity contribution in [3.8, 4) is 0 Å². The van der Waals surface area contributed by atoms with E-state index in [2.05, 4.69) is 10.0 Å². The average molecular weight is 266 g/mol. The summed E-state index contributed by atoms with van der Waals surface area (Å²) in [6.07, 6.45) is 2.87. The number of sulfonamides is 1. The van der Waals surface area contributed by atoms with E-state index in [0.29, 0.717) is 18.8 Å². The van der Waals surface area contributed by atoms with E-state index in [1.807, 2.05) is 0 Å². The van der Waals surface area contributed by atoms with Crippen LogP contribution in [0.1, 0.15) is 19.3 Å². The Kier molecular flexibility index (Phi) is 3.86. The number of hydrogen-bond acceptors (Lipinski definition) is 3. The molecule has 0 radical (unpaired) electrons. The van der Waals surface area contributed by atoms with E-state index >= 15 is 0 Å². The first-order valence-electron chi connectivity index (χ1n) is 5.80. The molecule has 0 unspecified atom stereocenters. The lowest BCUT2D eigenvalue weighted by atomic mass is 10.2. The fourth-order valence-electron chi connectivity index (χ4n) is 2.01. The SMILES string of the molecule is [N-]=[N+]=Nc1cccc(S(=O)(=O)N2CCCCC2)c1. The predicted molar refractivity (Wildman–Crippen MR) is 67.9 cm³/mol. The molecular weight excluding hydrogens is 252 g/mol. The van der Waals surface area contributed by atoms with Gasteiger partial charge in [-0.1, -0.05) is 23.7 Å². The van der Waals surface area contributed by atoms with Crippen molar-refractivity contribution in [2.75, 3.05) is 13.1 Å². The molecule has 0 atom stereocenters. The zero-order valence-corrected chi connectivity index (χ0v) is 10.7. The number of nitrogens with zero attached hydrogens (tertiary/aromatic N) is 4. The van der Waals surface area contributed by atoms with Crippen LogP contribution in [0.3, 0.4) is 0 Å². The highest BCUT2D eigenvalue weighted by Crippen LogP contribution is 2.23. The van der Waals surface area contributed by atoms with Crippen LogP contribution in [0.5, 0.6) is 0 Å². The monoisotopic (exact) mass is 266 g/mol. The summed E-state index contributed by atoms with van der Waals surface area (Å²) in [7, 11) is -3.45. The highest BCUT2D eigenvalue weighted by Gasteiger charge is 2.25. The summed E-state index contributed by atoms with van der Waals surface area (Å²) in [6.45, 7) is 1.13. The summed E-state index contributed by atoms with van der Waals surface area (Å²) in [4.78, 5) is 2.85. The van der Waals surface area contributed by atoms with Gasteiger partial charge in [0, 0.05) is 23.7 Å². The molecule has 1 aliphatic heterocycles. The van der Waals surface area contributed by atoms with Gasteiger partial charge in [0.25, 0.3) is 0 Å². The molecule has 0 aromatic heterocycles. The molecule has 0 spiro atoms. The molecule has 96 valence electrons. The molecule has 0 amide bonds. The molecule has 18 heavy (non-hydrogen) atoms. The highest BCUT2D eigenvalue weighted by molar-refractivity contribution is 7.89. The Morgan fingerprint density at radius 1 is 1.22 bits per heavy atom. The number of rotatable bonds is 3. The van der Waals surface area contributed by atoms with Crippen LogP contribution in [-0.2, 0) is 10.0 Å². The fourth-order valence-corrected chi connectivity index (χ4v) is 3.57. The van der Waals surface area contributed by atoms with Crippen LogP contribution >= 0.6 is 0 Å². The smallest absolute Gasteiger partial charge is 0.207 e. The third-order valence-electron chi connectivity index (χ3n) is 2.93. The van der Waals surface area contributed by atoms with E-state index in [1.165, 1.54) is 16.4 Å². The van der Waals surface area contributed by atoms with E-state index in [0.717, 1.165) is 19.3 Å². The maximum atomic E-state index is 12.3. The third-order valence-corrected chi connectivity index (χ3v) is 4.83. The number of piperidine rings is 1. The Labute approximate surface area is 106 Å². The van der Waals surface area contributed by atoms with Crippen LogP contribution in [0.2, 0.25) is 0 Å². The molecule has 0 saturated carbocycles. The molecule has 7 heteroatoms.